The number of aromatic nitrogens is 1. The van der Waals surface area contributed by atoms with E-state index in [-0.39, 0.29) is 17.2 Å². The van der Waals surface area contributed by atoms with Crippen LogP contribution in [0.5, 0.6) is 11.5 Å². The van der Waals surface area contributed by atoms with Crippen molar-refractivity contribution in [2.45, 2.75) is 5.75 Å². The number of benzene rings is 1. The van der Waals surface area contributed by atoms with E-state index in [0.717, 1.165) is 0 Å². The molecule has 0 aliphatic carbocycles. The van der Waals surface area contributed by atoms with E-state index in [0.29, 0.717) is 5.56 Å². The number of nitrogens with zero attached hydrogens (tertiary/aromatic N) is 2. The van der Waals surface area contributed by atoms with Crippen molar-refractivity contribution in [2.75, 3.05) is 7.11 Å². The number of nitriles is 1. The molecular formula is C12H10N2O5S. The van der Waals surface area contributed by atoms with Crippen LogP contribution in [-0.2, 0) is 15.9 Å². The van der Waals surface area contributed by atoms with E-state index in [1.165, 1.54) is 37.6 Å². The van der Waals surface area contributed by atoms with Gasteiger partial charge in [0.15, 0.2) is 11.5 Å². The fourth-order valence-electron chi connectivity index (χ4n) is 1.47. The van der Waals surface area contributed by atoms with Crippen LogP contribution >= 0.6 is 0 Å². The SMILES string of the molecule is COc1cc(C#N)ccc1OS(=O)(=O)Cc1ccon1. The zero-order chi connectivity index (χ0) is 14.6. The summed E-state index contributed by atoms with van der Waals surface area (Å²) in [6.07, 6.45) is 1.27. The zero-order valence-electron chi connectivity index (χ0n) is 10.4. The molecule has 8 heteroatoms. The molecule has 0 amide bonds. The summed E-state index contributed by atoms with van der Waals surface area (Å²) < 4.78 is 38.2. The third-order valence-electron chi connectivity index (χ3n) is 2.33. The van der Waals surface area contributed by atoms with E-state index in [1.807, 2.05) is 6.07 Å². The maximum atomic E-state index is 11.9. The molecule has 0 bridgehead atoms. The minimum Gasteiger partial charge on any atom is -0.493 e. The molecular weight excluding hydrogens is 284 g/mol. The summed E-state index contributed by atoms with van der Waals surface area (Å²) in [6.45, 7) is 0. The largest absolute Gasteiger partial charge is 0.493 e. The normalized spacial score (nSPS) is 10.8. The molecule has 7 nitrogen and oxygen atoms in total. The topological polar surface area (TPSA) is 102 Å². The van der Waals surface area contributed by atoms with Crippen LogP contribution < -0.4 is 8.92 Å². The fourth-order valence-corrected chi connectivity index (χ4v) is 2.45. The summed E-state index contributed by atoms with van der Waals surface area (Å²) in [5, 5.41) is 12.3. The van der Waals surface area contributed by atoms with E-state index in [9.17, 15) is 8.42 Å². The first-order valence-corrected chi connectivity index (χ1v) is 7.01. The van der Waals surface area contributed by atoms with Crippen molar-refractivity contribution in [3.63, 3.8) is 0 Å². The van der Waals surface area contributed by atoms with Crippen LogP contribution in [0.3, 0.4) is 0 Å². The Labute approximate surface area is 115 Å². The Bertz CT molecular complexity index is 732. The van der Waals surface area contributed by atoms with Crippen molar-refractivity contribution >= 4 is 10.1 Å². The second-order valence-corrected chi connectivity index (χ2v) is 5.32. The summed E-state index contributed by atoms with van der Waals surface area (Å²) in [5.74, 6) is -0.255. The highest BCUT2D eigenvalue weighted by Gasteiger charge is 2.18. The lowest BCUT2D eigenvalue weighted by atomic mass is 10.2. The molecule has 0 aliphatic heterocycles. The van der Waals surface area contributed by atoms with E-state index < -0.39 is 15.9 Å². The highest BCUT2D eigenvalue weighted by atomic mass is 32.2. The number of hydrogen-bond acceptors (Lipinski definition) is 7. The molecule has 0 saturated carbocycles. The molecule has 2 rings (SSSR count). The van der Waals surface area contributed by atoms with E-state index >= 15 is 0 Å². The molecule has 1 heterocycles. The van der Waals surface area contributed by atoms with Crippen molar-refractivity contribution in [3.8, 4) is 17.6 Å². The highest BCUT2D eigenvalue weighted by Crippen LogP contribution is 2.29. The molecule has 0 atom stereocenters. The van der Waals surface area contributed by atoms with Crippen molar-refractivity contribution in [1.29, 1.82) is 5.26 Å². The van der Waals surface area contributed by atoms with E-state index in [1.54, 1.807) is 0 Å². The van der Waals surface area contributed by atoms with E-state index in [2.05, 4.69) is 9.68 Å². The van der Waals surface area contributed by atoms with Gasteiger partial charge in [0, 0.05) is 12.1 Å². The van der Waals surface area contributed by atoms with E-state index in [4.69, 9.17) is 14.2 Å². The molecule has 1 aromatic carbocycles. The minimum atomic E-state index is -3.90. The summed E-state index contributed by atoms with van der Waals surface area (Å²) in [6, 6.07) is 7.53. The Morgan fingerprint density at radius 2 is 2.15 bits per heavy atom. The lowest BCUT2D eigenvalue weighted by molar-refractivity contribution is 0.389. The van der Waals surface area contributed by atoms with Gasteiger partial charge in [-0.2, -0.15) is 13.7 Å². The van der Waals surface area contributed by atoms with Crippen molar-refractivity contribution in [1.82, 2.24) is 5.16 Å². The number of hydrogen-bond donors (Lipinski definition) is 0. The van der Waals surface area contributed by atoms with Crippen LogP contribution in [0, 0.1) is 11.3 Å². The first-order chi connectivity index (χ1) is 9.54. The maximum absolute atomic E-state index is 11.9. The van der Waals surface area contributed by atoms with Crippen LogP contribution in [0.2, 0.25) is 0 Å². The van der Waals surface area contributed by atoms with Gasteiger partial charge in [0.2, 0.25) is 0 Å². The predicted molar refractivity (Wildman–Crippen MR) is 67.5 cm³/mol. The molecule has 0 spiro atoms. The maximum Gasteiger partial charge on any atom is 0.315 e. The summed E-state index contributed by atoms with van der Waals surface area (Å²) in [7, 11) is -2.54. The van der Waals surface area contributed by atoms with Crippen molar-refractivity contribution < 1.29 is 21.9 Å². The van der Waals surface area contributed by atoms with Crippen LogP contribution in [0.4, 0.5) is 0 Å². The Kier molecular flexibility index (Phi) is 3.91. The third kappa shape index (κ3) is 3.27. The van der Waals surface area contributed by atoms with Crippen LogP contribution in [0.15, 0.2) is 35.1 Å². The van der Waals surface area contributed by atoms with Gasteiger partial charge in [-0.15, -0.1) is 0 Å². The van der Waals surface area contributed by atoms with Gasteiger partial charge < -0.3 is 13.4 Å². The molecule has 104 valence electrons. The van der Waals surface area contributed by atoms with Crippen LogP contribution in [0.25, 0.3) is 0 Å². The second-order valence-electron chi connectivity index (χ2n) is 3.75. The van der Waals surface area contributed by atoms with Crippen LogP contribution in [-0.4, -0.2) is 20.7 Å². The first kappa shape index (κ1) is 13.9. The van der Waals surface area contributed by atoms with Gasteiger partial charge in [-0.1, -0.05) is 5.16 Å². The molecule has 0 radical (unpaired) electrons. The average Bonchev–Trinajstić information content (AvgIpc) is 2.90. The quantitative estimate of drug-likeness (QED) is 0.769. The van der Waals surface area contributed by atoms with Gasteiger partial charge in [-0.05, 0) is 12.1 Å². The standard InChI is InChI=1S/C12H10N2O5S/c1-17-12-6-9(7-13)2-3-11(12)19-20(15,16)8-10-4-5-18-14-10/h2-6H,8H2,1H3. The Morgan fingerprint density at radius 3 is 2.75 bits per heavy atom. The predicted octanol–water partition coefficient (Wildman–Crippen LogP) is 1.46. The molecule has 0 fully saturated rings. The number of ether oxygens (including phenoxy) is 1. The lowest BCUT2D eigenvalue weighted by Gasteiger charge is -2.09. The smallest absolute Gasteiger partial charge is 0.315 e. The van der Waals surface area contributed by atoms with Gasteiger partial charge in [0.05, 0.1) is 18.7 Å². The monoisotopic (exact) mass is 294 g/mol. The third-order valence-corrected chi connectivity index (χ3v) is 3.41. The van der Waals surface area contributed by atoms with Crippen molar-refractivity contribution in [2.24, 2.45) is 0 Å². The number of methoxy groups -OCH3 is 1. The molecule has 0 saturated heterocycles. The van der Waals surface area contributed by atoms with Gasteiger partial charge in [0.1, 0.15) is 17.7 Å². The minimum absolute atomic E-state index is 0.00925. The molecule has 0 N–H and O–H groups in total. The lowest BCUT2D eigenvalue weighted by Crippen LogP contribution is -2.13. The van der Waals surface area contributed by atoms with Gasteiger partial charge in [0.25, 0.3) is 0 Å². The van der Waals surface area contributed by atoms with Gasteiger partial charge >= 0.3 is 10.1 Å². The molecule has 0 aliphatic rings. The Balaban J connectivity index is 2.23. The second kappa shape index (κ2) is 5.63. The van der Waals surface area contributed by atoms with Crippen LogP contribution in [0.1, 0.15) is 11.3 Å². The Hall–Kier alpha value is -2.53. The van der Waals surface area contributed by atoms with Gasteiger partial charge in [-0.25, -0.2) is 0 Å². The van der Waals surface area contributed by atoms with Crippen molar-refractivity contribution in [3.05, 3.63) is 41.8 Å². The molecule has 0 unspecified atom stereocenters. The van der Waals surface area contributed by atoms with Gasteiger partial charge in [-0.3, -0.25) is 0 Å². The molecule has 20 heavy (non-hydrogen) atoms. The summed E-state index contributed by atoms with van der Waals surface area (Å²) in [4.78, 5) is 0. The highest BCUT2D eigenvalue weighted by molar-refractivity contribution is 7.86. The summed E-state index contributed by atoms with van der Waals surface area (Å²) >= 11 is 0. The zero-order valence-corrected chi connectivity index (χ0v) is 11.3. The molecule has 1 aromatic heterocycles. The Morgan fingerprint density at radius 1 is 1.35 bits per heavy atom. The fraction of sp³-hybridized carbons (Fsp3) is 0.167. The number of rotatable bonds is 5. The molecule has 2 aromatic rings. The first-order valence-electron chi connectivity index (χ1n) is 5.43. The summed E-state index contributed by atoms with van der Waals surface area (Å²) in [5.41, 5.74) is 0.570. The average molecular weight is 294 g/mol.